The van der Waals surface area contributed by atoms with Crippen molar-refractivity contribution in [1.82, 2.24) is 0 Å². The highest BCUT2D eigenvalue weighted by Gasteiger charge is 2.14. The van der Waals surface area contributed by atoms with Gasteiger partial charge in [0.1, 0.15) is 0 Å². The van der Waals surface area contributed by atoms with Crippen molar-refractivity contribution in [2.75, 3.05) is 0 Å². The summed E-state index contributed by atoms with van der Waals surface area (Å²) in [5, 5.41) is 0. The molecule has 0 saturated heterocycles. The molecule has 0 radical (unpaired) electrons. The number of hydrogen-bond acceptors (Lipinski definition) is 0. The smallest absolute Gasteiger partial charge is 0.439 e. The highest BCUT2D eigenvalue weighted by molar-refractivity contribution is 9.25. The van der Waals surface area contributed by atoms with E-state index in [-0.39, 0.29) is 0 Å². The van der Waals surface area contributed by atoms with Gasteiger partial charge < -0.3 is 12.9 Å². The van der Waals surface area contributed by atoms with Gasteiger partial charge in [-0.15, -0.1) is 0 Å². The Morgan fingerprint density at radius 3 is 1.20 bits per heavy atom. The van der Waals surface area contributed by atoms with Gasteiger partial charge >= 0.3 is 5.80 Å². The Morgan fingerprint density at radius 2 is 1.20 bits per heavy atom. The lowest BCUT2D eigenvalue weighted by Crippen LogP contribution is -1.98. The summed E-state index contributed by atoms with van der Waals surface area (Å²) in [5.41, 5.74) is 0. The molecule has 0 aliphatic carbocycles. The Hall–Kier alpha value is 0.335. The van der Waals surface area contributed by atoms with E-state index in [4.69, 9.17) is 0 Å². The minimum Gasteiger partial charge on any atom is -0.439 e. The lowest BCUT2D eigenvalue weighted by atomic mass is 10.4. The third-order valence-electron chi connectivity index (χ3n) is 0. The van der Waals surface area contributed by atoms with Crippen molar-refractivity contribution in [2.45, 2.75) is 0 Å². The molecule has 0 atom stereocenters. The van der Waals surface area contributed by atoms with Crippen molar-refractivity contribution in [3.8, 4) is 0 Å². The largest absolute Gasteiger partial charge is 0.548 e. The van der Waals surface area contributed by atoms with Crippen LogP contribution in [0.15, 0.2) is 0 Å². The Labute approximate surface area is 35.4 Å². The molecule has 0 aromatic heterocycles. The first kappa shape index (κ1) is 5.33. The molecule has 0 bridgehead atoms. The summed E-state index contributed by atoms with van der Waals surface area (Å²) in [6, 6.07) is 0. The standard InChI is InChI=1S/BBrF3/c2-1(3,4)5/q-1. The molecule has 0 rings (SSSR count). The van der Waals surface area contributed by atoms with Crippen molar-refractivity contribution < 1.29 is 12.9 Å². The van der Waals surface area contributed by atoms with Gasteiger partial charge in [0, 0.05) is 0 Å². The normalized spacial score (nSPS) is 12.0. The van der Waals surface area contributed by atoms with Crippen LogP contribution in [0.1, 0.15) is 0 Å². The maximum absolute atomic E-state index is 10.3. The molecule has 0 N–H and O–H groups in total. The van der Waals surface area contributed by atoms with Crippen LogP contribution < -0.4 is 0 Å². The molecular weight excluding hydrogens is 148 g/mol. The molecule has 0 aromatic rings. The van der Waals surface area contributed by atoms with E-state index < -0.39 is 5.80 Å². The topological polar surface area (TPSA) is 0 Å². The van der Waals surface area contributed by atoms with Crippen LogP contribution in [-0.2, 0) is 0 Å². The highest BCUT2D eigenvalue weighted by atomic mass is 79.9. The minimum absolute atomic E-state index is 1.44. The van der Waals surface area contributed by atoms with Crippen molar-refractivity contribution >= 4 is 21.6 Å². The highest BCUT2D eigenvalue weighted by Crippen LogP contribution is 2.14. The Balaban J connectivity index is 3.02. The molecule has 0 nitrogen and oxygen atoms in total. The predicted molar refractivity (Wildman–Crippen MR) is 18.0 cm³/mol. The molecule has 0 fully saturated rings. The van der Waals surface area contributed by atoms with Crippen LogP contribution in [-0.4, -0.2) is 5.80 Å². The fourth-order valence-electron chi connectivity index (χ4n) is 0. The molecule has 32 valence electrons. The second-order valence-corrected chi connectivity index (χ2v) is 1.53. The van der Waals surface area contributed by atoms with Crippen molar-refractivity contribution in [2.24, 2.45) is 0 Å². The molecule has 0 aliphatic rings. The molecule has 0 spiro atoms. The van der Waals surface area contributed by atoms with E-state index in [2.05, 4.69) is 0 Å². The number of hydrogen-bond donors (Lipinski definition) is 0. The number of halogens is 4. The van der Waals surface area contributed by atoms with Crippen LogP contribution in [0.4, 0.5) is 12.9 Å². The first-order valence-corrected chi connectivity index (χ1v) is 1.79. The molecule has 0 unspecified atom stereocenters. The van der Waals surface area contributed by atoms with E-state index in [1.807, 2.05) is 0 Å². The first-order valence-electron chi connectivity index (χ1n) is 0.873. The van der Waals surface area contributed by atoms with Gasteiger partial charge in [0.05, 0.1) is 0 Å². The molecule has 5 heavy (non-hydrogen) atoms. The Kier molecular flexibility index (Phi) is 1.28. The lowest BCUT2D eigenvalue weighted by molar-refractivity contribution is 0.523. The van der Waals surface area contributed by atoms with Crippen LogP contribution in [0.5, 0.6) is 0 Å². The average Bonchev–Trinajstić information content (AvgIpc) is 0.722. The van der Waals surface area contributed by atoms with Crippen LogP contribution >= 0.6 is 15.8 Å². The SMILES string of the molecule is F[B-](F)(F)Br. The third kappa shape index (κ3) is 211. The second-order valence-electron chi connectivity index (χ2n) is 0.495. The summed E-state index contributed by atoms with van der Waals surface area (Å²) in [5.74, 6) is -4.69. The zero-order valence-corrected chi connectivity index (χ0v) is 3.68. The van der Waals surface area contributed by atoms with Crippen LogP contribution in [0.3, 0.4) is 0 Å². The fourth-order valence-corrected chi connectivity index (χ4v) is 0. The summed E-state index contributed by atoms with van der Waals surface area (Å²) in [7, 11) is 0. The van der Waals surface area contributed by atoms with Crippen LogP contribution in [0, 0.1) is 0 Å². The second kappa shape index (κ2) is 1.20. The van der Waals surface area contributed by atoms with Crippen LogP contribution in [0.25, 0.3) is 0 Å². The zero-order valence-electron chi connectivity index (χ0n) is 2.09. The van der Waals surface area contributed by atoms with E-state index in [1.54, 1.807) is 0 Å². The monoisotopic (exact) mass is 147 g/mol. The van der Waals surface area contributed by atoms with Crippen LogP contribution in [0.2, 0.25) is 0 Å². The molecular formula is BBrF3-. The fraction of sp³-hybridized carbons (Fsp3) is 0. The maximum Gasteiger partial charge on any atom is 0.548 e. The summed E-state index contributed by atoms with van der Waals surface area (Å²) >= 11 is 1.44. The molecule has 5 heteroatoms. The lowest BCUT2D eigenvalue weighted by Gasteiger charge is -1.97. The summed E-state index contributed by atoms with van der Waals surface area (Å²) in [6.07, 6.45) is 0. The van der Waals surface area contributed by atoms with Gasteiger partial charge in [-0.25, -0.2) is 15.8 Å². The quantitative estimate of drug-likeness (QED) is 0.458. The van der Waals surface area contributed by atoms with Crippen molar-refractivity contribution in [1.29, 1.82) is 0 Å². The Bertz CT molecular complexity index is 22.4. The van der Waals surface area contributed by atoms with E-state index in [1.165, 1.54) is 15.8 Å². The predicted octanol–water partition coefficient (Wildman–Crippen LogP) is 1.73. The molecule has 0 aliphatic heterocycles. The van der Waals surface area contributed by atoms with Gasteiger partial charge in [-0.2, -0.15) is 0 Å². The first-order chi connectivity index (χ1) is 2.00. The summed E-state index contributed by atoms with van der Waals surface area (Å²) in [4.78, 5) is 0. The summed E-state index contributed by atoms with van der Waals surface area (Å²) in [6.45, 7) is 0. The minimum atomic E-state index is -4.69. The van der Waals surface area contributed by atoms with Gasteiger partial charge in [0.2, 0.25) is 0 Å². The Morgan fingerprint density at radius 1 is 1.20 bits per heavy atom. The van der Waals surface area contributed by atoms with E-state index >= 15 is 0 Å². The molecule has 0 aromatic carbocycles. The maximum atomic E-state index is 10.3. The van der Waals surface area contributed by atoms with Gasteiger partial charge in [0.25, 0.3) is 0 Å². The van der Waals surface area contributed by atoms with Crippen molar-refractivity contribution in [3.05, 3.63) is 0 Å². The zero-order chi connectivity index (χ0) is 4.50. The van der Waals surface area contributed by atoms with E-state index in [0.29, 0.717) is 0 Å². The average molecular weight is 148 g/mol. The third-order valence-corrected chi connectivity index (χ3v) is 0. The van der Waals surface area contributed by atoms with Gasteiger partial charge in [-0.3, -0.25) is 0 Å². The van der Waals surface area contributed by atoms with E-state index in [9.17, 15) is 12.9 Å². The van der Waals surface area contributed by atoms with Gasteiger partial charge in [-0.1, -0.05) is 0 Å². The molecule has 0 heterocycles. The van der Waals surface area contributed by atoms with E-state index in [0.717, 1.165) is 0 Å². The van der Waals surface area contributed by atoms with Gasteiger partial charge in [-0.05, 0) is 0 Å². The molecule has 0 amide bonds. The van der Waals surface area contributed by atoms with Crippen molar-refractivity contribution in [3.63, 3.8) is 0 Å². The molecule has 0 saturated carbocycles. The van der Waals surface area contributed by atoms with Gasteiger partial charge in [0.15, 0.2) is 0 Å². The summed E-state index contributed by atoms with van der Waals surface area (Å²) < 4.78 is 31.0. The number of rotatable bonds is 0.